The maximum Gasteiger partial charge on any atom is 0.311 e. The Balaban J connectivity index is 1.53. The summed E-state index contributed by atoms with van der Waals surface area (Å²) in [7, 11) is 0. The fourth-order valence-electron chi connectivity index (χ4n) is 2.89. The highest BCUT2D eigenvalue weighted by Gasteiger charge is 2.23. The summed E-state index contributed by atoms with van der Waals surface area (Å²) in [5.74, 6) is -1.97. The first-order valence-corrected chi connectivity index (χ1v) is 9.13. The predicted octanol–water partition coefficient (Wildman–Crippen LogP) is 3.04. The average molecular weight is 417 g/mol. The van der Waals surface area contributed by atoms with E-state index < -0.39 is 24.5 Å². The van der Waals surface area contributed by atoms with Gasteiger partial charge in [0.15, 0.2) is 5.58 Å². The minimum atomic E-state index is -0.964. The van der Waals surface area contributed by atoms with Gasteiger partial charge in [-0.15, -0.1) is 0 Å². The molecule has 0 aliphatic carbocycles. The molecule has 0 spiro atoms. The first-order valence-electron chi connectivity index (χ1n) is 9.13. The summed E-state index contributed by atoms with van der Waals surface area (Å²) in [5, 5.41) is 5.21. The zero-order chi connectivity index (χ0) is 21.1. The molecule has 2 amide bonds. The predicted molar refractivity (Wildman–Crippen MR) is 102 cm³/mol. The van der Waals surface area contributed by atoms with Gasteiger partial charge in [-0.25, -0.2) is 13.8 Å². The molecule has 156 valence electrons. The van der Waals surface area contributed by atoms with Gasteiger partial charge in [-0.2, -0.15) is 0 Å². The minimum absolute atomic E-state index is 0.000251. The molecular weight excluding hydrogens is 400 g/mol. The summed E-state index contributed by atoms with van der Waals surface area (Å²) in [4.78, 5) is 28.9. The average Bonchev–Trinajstić information content (AvgIpc) is 3.11. The Morgan fingerprint density at radius 2 is 1.97 bits per heavy atom. The fraction of sp³-hybridized carbons (Fsp3) is 0.250. The number of benzene rings is 2. The number of fused-ring (bicyclic) bond motifs is 1. The molecule has 8 nitrogen and oxygen atoms in total. The molecule has 1 aromatic heterocycles. The van der Waals surface area contributed by atoms with Gasteiger partial charge < -0.3 is 24.5 Å². The number of oxazole rings is 1. The number of rotatable bonds is 7. The first-order chi connectivity index (χ1) is 14.5. The Bertz CT molecular complexity index is 1080. The number of amides is 2. The molecule has 1 fully saturated rings. The summed E-state index contributed by atoms with van der Waals surface area (Å²) < 4.78 is 41.5. The molecular formula is C20H17F2N3O5. The number of hydrogen-bond donors (Lipinski definition) is 2. The lowest BCUT2D eigenvalue weighted by atomic mass is 10.1. The van der Waals surface area contributed by atoms with E-state index in [1.165, 1.54) is 24.3 Å². The van der Waals surface area contributed by atoms with Gasteiger partial charge >= 0.3 is 5.91 Å². The van der Waals surface area contributed by atoms with Crippen LogP contribution in [0.1, 0.15) is 27.5 Å². The molecule has 1 unspecified atom stereocenters. The van der Waals surface area contributed by atoms with Gasteiger partial charge in [-0.3, -0.25) is 9.59 Å². The molecule has 2 heterocycles. The normalized spacial score (nSPS) is 15.5. The first kappa shape index (κ1) is 19.8. The Labute approximate surface area is 169 Å². The van der Waals surface area contributed by atoms with E-state index in [1.807, 2.05) is 0 Å². The smallest absolute Gasteiger partial charge is 0.311 e. The number of hydrogen-bond acceptors (Lipinski definition) is 6. The third-order valence-corrected chi connectivity index (χ3v) is 4.51. The van der Waals surface area contributed by atoms with Crippen LogP contribution in [0.2, 0.25) is 0 Å². The number of nitrogens with zero attached hydrogens (tertiary/aromatic N) is 1. The molecule has 4 rings (SSSR count). The Kier molecular flexibility index (Phi) is 5.57. The number of alkyl halides is 1. The third kappa shape index (κ3) is 4.23. The Morgan fingerprint density at radius 3 is 2.63 bits per heavy atom. The van der Waals surface area contributed by atoms with Gasteiger partial charge in [0.2, 0.25) is 6.86 Å². The highest BCUT2D eigenvalue weighted by Crippen LogP contribution is 2.23. The molecule has 1 aliphatic rings. The van der Waals surface area contributed by atoms with Crippen molar-refractivity contribution in [3.05, 3.63) is 53.7 Å². The van der Waals surface area contributed by atoms with Crippen LogP contribution in [0, 0.1) is 5.82 Å². The summed E-state index contributed by atoms with van der Waals surface area (Å²) in [6.45, 7) is -0.0217. The van der Waals surface area contributed by atoms with Gasteiger partial charge in [-0.05, 0) is 36.8 Å². The van der Waals surface area contributed by atoms with Crippen LogP contribution < -0.4 is 15.4 Å². The summed E-state index contributed by atoms with van der Waals surface area (Å²) in [5.41, 5.74) is 0.360. The number of halogens is 2. The summed E-state index contributed by atoms with van der Waals surface area (Å²) in [6.07, 6.45) is 0.780. The molecule has 0 saturated carbocycles. The van der Waals surface area contributed by atoms with Gasteiger partial charge in [0, 0.05) is 24.9 Å². The Morgan fingerprint density at radius 1 is 1.20 bits per heavy atom. The van der Waals surface area contributed by atoms with E-state index in [-0.39, 0.29) is 28.7 Å². The van der Waals surface area contributed by atoms with E-state index in [2.05, 4.69) is 15.6 Å². The maximum absolute atomic E-state index is 14.0. The van der Waals surface area contributed by atoms with Crippen molar-refractivity contribution < 1.29 is 32.3 Å². The molecule has 1 saturated heterocycles. The number of carbonyl (C=O) groups is 2. The lowest BCUT2D eigenvalue weighted by molar-refractivity contribution is -0.0472. The van der Waals surface area contributed by atoms with Crippen LogP contribution in [0.5, 0.6) is 5.75 Å². The summed E-state index contributed by atoms with van der Waals surface area (Å²) in [6, 6.07) is 8.06. The largest absolute Gasteiger partial charge is 0.463 e. The lowest BCUT2D eigenvalue weighted by Crippen LogP contribution is -2.39. The second kappa shape index (κ2) is 8.46. The van der Waals surface area contributed by atoms with Crippen molar-refractivity contribution in [2.75, 3.05) is 25.3 Å². The Hall–Kier alpha value is -3.53. The van der Waals surface area contributed by atoms with Crippen molar-refractivity contribution in [3.63, 3.8) is 0 Å². The van der Waals surface area contributed by atoms with Crippen molar-refractivity contribution in [3.8, 4) is 5.75 Å². The fourth-order valence-corrected chi connectivity index (χ4v) is 2.89. The van der Waals surface area contributed by atoms with Crippen molar-refractivity contribution >= 4 is 28.6 Å². The van der Waals surface area contributed by atoms with Gasteiger partial charge in [0.05, 0.1) is 11.7 Å². The molecule has 0 bridgehead atoms. The standard InChI is InChI=1S/C20H17F2N3O5/c21-10-29-13-3-1-12(2-4-13)24-19(27)20-25-16-8-11(22)7-15(17(16)30-20)18(26)23-9-14-5-6-28-14/h1-4,7-8,14H,5-6,9-10H2,(H,23,26)(H,24,27). The van der Waals surface area contributed by atoms with Crippen LogP contribution in [0.15, 0.2) is 40.8 Å². The third-order valence-electron chi connectivity index (χ3n) is 4.51. The van der Waals surface area contributed by atoms with Crippen LogP contribution in [0.25, 0.3) is 11.1 Å². The minimum Gasteiger partial charge on any atom is -0.463 e. The highest BCUT2D eigenvalue weighted by atomic mass is 19.1. The van der Waals surface area contributed by atoms with Crippen molar-refractivity contribution in [2.24, 2.45) is 0 Å². The number of nitrogens with one attached hydrogen (secondary N) is 2. The quantitative estimate of drug-likeness (QED) is 0.613. The highest BCUT2D eigenvalue weighted by molar-refractivity contribution is 6.07. The van der Waals surface area contributed by atoms with E-state index in [4.69, 9.17) is 13.9 Å². The van der Waals surface area contributed by atoms with Crippen molar-refractivity contribution in [2.45, 2.75) is 12.5 Å². The molecule has 30 heavy (non-hydrogen) atoms. The SMILES string of the molecule is O=C(Nc1ccc(OCF)cc1)c1nc2cc(F)cc(C(=O)NCC3CCO3)c2o1. The molecule has 10 heteroatoms. The van der Waals surface area contributed by atoms with Crippen LogP contribution in [-0.4, -0.2) is 42.9 Å². The van der Waals surface area contributed by atoms with E-state index >= 15 is 0 Å². The molecule has 2 aromatic carbocycles. The maximum atomic E-state index is 14.0. The molecule has 2 N–H and O–H groups in total. The number of ether oxygens (including phenoxy) is 2. The van der Waals surface area contributed by atoms with Gasteiger partial charge in [-0.1, -0.05) is 0 Å². The zero-order valence-corrected chi connectivity index (χ0v) is 15.6. The van der Waals surface area contributed by atoms with Gasteiger partial charge in [0.25, 0.3) is 11.8 Å². The molecule has 0 radical (unpaired) electrons. The monoisotopic (exact) mass is 417 g/mol. The summed E-state index contributed by atoms with van der Waals surface area (Å²) >= 11 is 0. The van der Waals surface area contributed by atoms with E-state index in [1.54, 1.807) is 0 Å². The topological polar surface area (TPSA) is 103 Å². The van der Waals surface area contributed by atoms with Crippen molar-refractivity contribution in [1.82, 2.24) is 10.3 Å². The van der Waals surface area contributed by atoms with E-state index in [9.17, 15) is 18.4 Å². The van der Waals surface area contributed by atoms with Crippen molar-refractivity contribution in [1.29, 1.82) is 0 Å². The van der Waals surface area contributed by atoms with E-state index in [0.717, 1.165) is 18.6 Å². The lowest BCUT2D eigenvalue weighted by Gasteiger charge is -2.26. The van der Waals surface area contributed by atoms with Crippen LogP contribution in [-0.2, 0) is 4.74 Å². The second-order valence-electron chi connectivity index (χ2n) is 6.54. The van der Waals surface area contributed by atoms with Gasteiger partial charge in [0.1, 0.15) is 17.1 Å². The van der Waals surface area contributed by atoms with E-state index in [0.29, 0.717) is 24.6 Å². The molecule has 1 aliphatic heterocycles. The number of aromatic nitrogens is 1. The number of carbonyl (C=O) groups excluding carboxylic acids is 2. The molecule has 1 atom stereocenters. The second-order valence-corrected chi connectivity index (χ2v) is 6.54. The molecule has 3 aromatic rings. The zero-order valence-electron chi connectivity index (χ0n) is 15.6. The number of anilines is 1. The van der Waals surface area contributed by atoms with Crippen LogP contribution in [0.4, 0.5) is 14.5 Å². The van der Waals surface area contributed by atoms with Crippen LogP contribution in [0.3, 0.4) is 0 Å². The van der Waals surface area contributed by atoms with Crippen LogP contribution >= 0.6 is 0 Å².